The molecule has 8 heteroatoms. The smallest absolute Gasteiger partial charge is 0.270 e. The second-order valence-electron chi connectivity index (χ2n) is 6.52. The summed E-state index contributed by atoms with van der Waals surface area (Å²) in [4.78, 5) is 36.6. The molecule has 3 rings (SSSR count). The highest BCUT2D eigenvalue weighted by Gasteiger charge is 2.30. The van der Waals surface area contributed by atoms with Gasteiger partial charge in [0.15, 0.2) is 0 Å². The van der Waals surface area contributed by atoms with Crippen LogP contribution in [0, 0.1) is 16.0 Å². The zero-order valence-corrected chi connectivity index (χ0v) is 15.5. The van der Waals surface area contributed by atoms with Crippen LogP contribution in [0.25, 0.3) is 0 Å². The molecule has 0 spiro atoms. The first-order chi connectivity index (χ1) is 13.5. The highest BCUT2D eigenvalue weighted by atomic mass is 16.6. The van der Waals surface area contributed by atoms with Crippen LogP contribution in [0.15, 0.2) is 48.5 Å². The minimum atomic E-state index is -0.541. The van der Waals surface area contributed by atoms with Gasteiger partial charge in [0.2, 0.25) is 5.91 Å². The second-order valence-corrected chi connectivity index (χ2v) is 6.52. The molecule has 1 atom stereocenters. The van der Waals surface area contributed by atoms with Gasteiger partial charge in [-0.2, -0.15) is 0 Å². The number of ether oxygens (including phenoxy) is 1. The first kappa shape index (κ1) is 19.3. The molecule has 0 aliphatic carbocycles. The van der Waals surface area contributed by atoms with Crippen molar-refractivity contribution in [2.45, 2.75) is 13.3 Å². The van der Waals surface area contributed by atoms with Gasteiger partial charge in [-0.25, -0.2) is 0 Å². The number of anilines is 1. The van der Waals surface area contributed by atoms with Crippen molar-refractivity contribution >= 4 is 23.2 Å². The van der Waals surface area contributed by atoms with Crippen LogP contribution in [0.5, 0.6) is 5.75 Å². The molecule has 1 aliphatic rings. The number of nitro groups is 1. The Hall–Kier alpha value is -3.42. The molecule has 1 heterocycles. The number of carbonyl (C=O) groups excluding carboxylic acids is 2. The van der Waals surface area contributed by atoms with Crippen molar-refractivity contribution in [1.82, 2.24) is 5.32 Å². The third-order valence-corrected chi connectivity index (χ3v) is 4.53. The van der Waals surface area contributed by atoms with Crippen molar-refractivity contribution in [1.29, 1.82) is 0 Å². The molecule has 146 valence electrons. The predicted molar refractivity (Wildman–Crippen MR) is 104 cm³/mol. The molecule has 0 bridgehead atoms. The van der Waals surface area contributed by atoms with Gasteiger partial charge in [-0.05, 0) is 37.3 Å². The number of benzene rings is 2. The molecule has 0 saturated carbocycles. The van der Waals surface area contributed by atoms with E-state index in [-0.39, 0.29) is 23.1 Å². The maximum Gasteiger partial charge on any atom is 0.270 e. The summed E-state index contributed by atoms with van der Waals surface area (Å²) < 4.78 is 5.41. The molecule has 0 radical (unpaired) electrons. The molecule has 0 aromatic heterocycles. The molecular formula is C20H21N3O5. The van der Waals surface area contributed by atoms with Crippen LogP contribution in [-0.4, -0.2) is 36.4 Å². The standard InChI is InChI=1S/C20H21N3O5/c1-2-28-18-8-6-16(7-9-18)22-13-14(10-19(22)24)12-21-20(25)15-4-3-5-17(11-15)23(26)27/h3-9,11,14H,2,10,12-13H2,1H3,(H,21,25). The van der Waals surface area contributed by atoms with Crippen LogP contribution in [0.2, 0.25) is 0 Å². The van der Waals surface area contributed by atoms with E-state index in [4.69, 9.17) is 4.74 Å². The van der Waals surface area contributed by atoms with E-state index >= 15 is 0 Å². The van der Waals surface area contributed by atoms with Crippen LogP contribution in [0.1, 0.15) is 23.7 Å². The van der Waals surface area contributed by atoms with Gasteiger partial charge in [-0.1, -0.05) is 6.07 Å². The summed E-state index contributed by atoms with van der Waals surface area (Å²) in [6.07, 6.45) is 0.336. The number of carbonyl (C=O) groups is 2. The minimum absolute atomic E-state index is 0.00115. The van der Waals surface area contributed by atoms with Gasteiger partial charge < -0.3 is 15.0 Å². The largest absolute Gasteiger partial charge is 0.494 e. The van der Waals surface area contributed by atoms with Crippen LogP contribution in [0.4, 0.5) is 11.4 Å². The predicted octanol–water partition coefficient (Wildman–Crippen LogP) is 2.78. The van der Waals surface area contributed by atoms with Crippen molar-refractivity contribution in [3.63, 3.8) is 0 Å². The van der Waals surface area contributed by atoms with Gasteiger partial charge in [0.05, 0.1) is 11.5 Å². The Kier molecular flexibility index (Phi) is 5.88. The summed E-state index contributed by atoms with van der Waals surface area (Å²) in [6, 6.07) is 12.9. The highest BCUT2D eigenvalue weighted by molar-refractivity contribution is 5.96. The van der Waals surface area contributed by atoms with Gasteiger partial charge in [-0.15, -0.1) is 0 Å². The van der Waals surface area contributed by atoms with Gasteiger partial charge >= 0.3 is 0 Å². The lowest BCUT2D eigenvalue weighted by atomic mass is 10.1. The minimum Gasteiger partial charge on any atom is -0.494 e. The zero-order chi connectivity index (χ0) is 20.1. The number of nitro benzene ring substituents is 1. The Bertz CT molecular complexity index is 882. The molecule has 1 aliphatic heterocycles. The summed E-state index contributed by atoms with van der Waals surface area (Å²) in [5.74, 6) is 0.329. The average Bonchev–Trinajstić information content (AvgIpc) is 3.07. The molecule has 1 unspecified atom stereocenters. The average molecular weight is 383 g/mol. The van der Waals surface area contributed by atoms with E-state index < -0.39 is 10.8 Å². The quantitative estimate of drug-likeness (QED) is 0.585. The Labute approximate surface area is 162 Å². The van der Waals surface area contributed by atoms with Crippen LogP contribution in [-0.2, 0) is 4.79 Å². The molecular weight excluding hydrogens is 362 g/mol. The van der Waals surface area contributed by atoms with Crippen LogP contribution < -0.4 is 15.0 Å². The Morgan fingerprint density at radius 2 is 2.04 bits per heavy atom. The van der Waals surface area contributed by atoms with Crippen molar-refractivity contribution < 1.29 is 19.2 Å². The van der Waals surface area contributed by atoms with E-state index in [0.717, 1.165) is 11.4 Å². The van der Waals surface area contributed by atoms with E-state index in [1.54, 1.807) is 4.90 Å². The normalized spacial score (nSPS) is 16.1. The van der Waals surface area contributed by atoms with E-state index in [1.165, 1.54) is 24.3 Å². The zero-order valence-electron chi connectivity index (χ0n) is 15.5. The highest BCUT2D eigenvalue weighted by Crippen LogP contribution is 2.26. The summed E-state index contributed by atoms with van der Waals surface area (Å²) in [7, 11) is 0. The number of nitrogens with one attached hydrogen (secondary N) is 1. The van der Waals surface area contributed by atoms with E-state index in [0.29, 0.717) is 26.1 Å². The number of amides is 2. The molecule has 1 N–H and O–H groups in total. The van der Waals surface area contributed by atoms with Gasteiger partial charge in [0, 0.05) is 48.8 Å². The Morgan fingerprint density at radius 3 is 2.71 bits per heavy atom. The van der Waals surface area contributed by atoms with Crippen molar-refractivity contribution in [3.05, 3.63) is 64.2 Å². The van der Waals surface area contributed by atoms with Gasteiger partial charge in [0.1, 0.15) is 5.75 Å². The Morgan fingerprint density at radius 1 is 1.29 bits per heavy atom. The van der Waals surface area contributed by atoms with Crippen molar-refractivity contribution in [2.24, 2.45) is 5.92 Å². The summed E-state index contributed by atoms with van der Waals surface area (Å²) in [5, 5.41) is 13.6. The summed E-state index contributed by atoms with van der Waals surface area (Å²) in [5.41, 5.74) is 0.883. The van der Waals surface area contributed by atoms with Crippen molar-refractivity contribution in [3.8, 4) is 5.75 Å². The molecule has 2 aromatic rings. The fourth-order valence-corrected chi connectivity index (χ4v) is 3.16. The van der Waals surface area contributed by atoms with Crippen molar-refractivity contribution in [2.75, 3.05) is 24.6 Å². The molecule has 28 heavy (non-hydrogen) atoms. The topological polar surface area (TPSA) is 102 Å². The molecule has 1 fully saturated rings. The van der Waals surface area contributed by atoms with Crippen LogP contribution in [0.3, 0.4) is 0 Å². The molecule has 2 aromatic carbocycles. The fraction of sp³-hybridized carbons (Fsp3) is 0.300. The van der Waals surface area contributed by atoms with E-state index in [2.05, 4.69) is 5.32 Å². The fourth-order valence-electron chi connectivity index (χ4n) is 3.16. The Balaban J connectivity index is 1.57. The first-order valence-electron chi connectivity index (χ1n) is 9.03. The lowest BCUT2D eigenvalue weighted by Crippen LogP contribution is -2.31. The lowest BCUT2D eigenvalue weighted by molar-refractivity contribution is -0.384. The lowest BCUT2D eigenvalue weighted by Gasteiger charge is -2.17. The SMILES string of the molecule is CCOc1ccc(N2CC(CNC(=O)c3cccc([N+](=O)[O-])c3)CC2=O)cc1. The summed E-state index contributed by atoms with van der Waals surface area (Å²) in [6.45, 7) is 3.31. The number of hydrogen-bond donors (Lipinski definition) is 1. The number of nitrogens with zero attached hydrogens (tertiary/aromatic N) is 2. The summed E-state index contributed by atoms with van der Waals surface area (Å²) >= 11 is 0. The number of rotatable bonds is 7. The molecule has 8 nitrogen and oxygen atoms in total. The maximum absolute atomic E-state index is 12.3. The third kappa shape index (κ3) is 4.46. The van der Waals surface area contributed by atoms with E-state index in [1.807, 2.05) is 31.2 Å². The van der Waals surface area contributed by atoms with Gasteiger partial charge in [-0.3, -0.25) is 19.7 Å². The number of hydrogen-bond acceptors (Lipinski definition) is 5. The van der Waals surface area contributed by atoms with Crippen LogP contribution >= 0.6 is 0 Å². The maximum atomic E-state index is 12.3. The first-order valence-corrected chi connectivity index (χ1v) is 9.03. The molecule has 2 amide bonds. The molecule has 1 saturated heterocycles. The van der Waals surface area contributed by atoms with Gasteiger partial charge in [0.25, 0.3) is 11.6 Å². The number of non-ortho nitro benzene ring substituents is 1. The second kappa shape index (κ2) is 8.51. The third-order valence-electron chi connectivity index (χ3n) is 4.53. The monoisotopic (exact) mass is 383 g/mol. The van der Waals surface area contributed by atoms with E-state index in [9.17, 15) is 19.7 Å².